The second-order valence-electron chi connectivity index (χ2n) is 6.33. The number of hydrogen-bond donors (Lipinski definition) is 1. The van der Waals surface area contributed by atoms with Gasteiger partial charge in [0.2, 0.25) is 0 Å². The molecule has 4 nitrogen and oxygen atoms in total. The van der Waals surface area contributed by atoms with Crippen molar-refractivity contribution >= 4 is 0 Å². The molecule has 0 spiro atoms. The first-order valence-electron chi connectivity index (χ1n) is 8.11. The average molecular weight is 291 g/mol. The van der Waals surface area contributed by atoms with Crippen molar-refractivity contribution in [1.82, 2.24) is 15.2 Å². The first kappa shape index (κ1) is 16.4. The van der Waals surface area contributed by atoms with Gasteiger partial charge in [-0.25, -0.2) is 0 Å². The number of aromatic nitrogens is 1. The Bertz CT molecular complexity index is 419. The predicted molar refractivity (Wildman–Crippen MR) is 86.1 cm³/mol. The maximum Gasteiger partial charge on any atom is 0.0674 e. The van der Waals surface area contributed by atoms with E-state index in [-0.39, 0.29) is 0 Å². The Morgan fingerprint density at radius 3 is 2.86 bits per heavy atom. The van der Waals surface area contributed by atoms with Crippen molar-refractivity contribution in [2.24, 2.45) is 0 Å². The fourth-order valence-corrected chi connectivity index (χ4v) is 2.67. The SMILES string of the molecule is CCC1COC(C)CN1Cc1ccc(CNC(C)C)cn1. The summed E-state index contributed by atoms with van der Waals surface area (Å²) in [5.41, 5.74) is 2.39. The highest BCUT2D eigenvalue weighted by atomic mass is 16.5. The highest BCUT2D eigenvalue weighted by molar-refractivity contribution is 5.14. The molecule has 1 aromatic heterocycles. The van der Waals surface area contributed by atoms with Crippen molar-refractivity contribution in [2.75, 3.05) is 13.2 Å². The topological polar surface area (TPSA) is 37.4 Å². The number of rotatable bonds is 6. The highest BCUT2D eigenvalue weighted by Gasteiger charge is 2.25. The van der Waals surface area contributed by atoms with E-state index in [1.54, 1.807) is 0 Å². The van der Waals surface area contributed by atoms with Gasteiger partial charge in [-0.1, -0.05) is 26.8 Å². The third kappa shape index (κ3) is 5.06. The second kappa shape index (κ2) is 7.87. The molecule has 4 heteroatoms. The predicted octanol–water partition coefficient (Wildman–Crippen LogP) is 2.58. The third-order valence-electron chi connectivity index (χ3n) is 4.02. The van der Waals surface area contributed by atoms with Crippen LogP contribution in [0.1, 0.15) is 45.4 Å². The molecule has 2 heterocycles. The van der Waals surface area contributed by atoms with Gasteiger partial charge in [0.15, 0.2) is 0 Å². The molecule has 1 aliphatic rings. The minimum atomic E-state index is 0.322. The molecule has 0 amide bonds. The Hall–Kier alpha value is -0.970. The van der Waals surface area contributed by atoms with E-state index in [1.807, 2.05) is 6.20 Å². The second-order valence-corrected chi connectivity index (χ2v) is 6.33. The standard InChI is InChI=1S/C17H29N3O/c1-5-17-12-21-14(4)10-20(17)11-16-7-6-15(9-19-16)8-18-13(2)3/h6-7,9,13-14,17-18H,5,8,10-12H2,1-4H3. The van der Waals surface area contributed by atoms with Crippen LogP contribution in [0.3, 0.4) is 0 Å². The normalized spacial score (nSPS) is 23.7. The maximum absolute atomic E-state index is 5.75. The van der Waals surface area contributed by atoms with Gasteiger partial charge in [0.25, 0.3) is 0 Å². The van der Waals surface area contributed by atoms with Crippen LogP contribution in [0.5, 0.6) is 0 Å². The molecule has 2 unspecified atom stereocenters. The molecule has 0 radical (unpaired) electrons. The third-order valence-corrected chi connectivity index (χ3v) is 4.02. The zero-order chi connectivity index (χ0) is 15.2. The van der Waals surface area contributed by atoms with Crippen molar-refractivity contribution in [3.05, 3.63) is 29.6 Å². The van der Waals surface area contributed by atoms with Gasteiger partial charge in [0, 0.05) is 37.9 Å². The van der Waals surface area contributed by atoms with Crippen molar-refractivity contribution < 1.29 is 4.74 Å². The molecule has 1 saturated heterocycles. The van der Waals surface area contributed by atoms with Gasteiger partial charge in [-0.05, 0) is 25.0 Å². The summed E-state index contributed by atoms with van der Waals surface area (Å²) >= 11 is 0. The van der Waals surface area contributed by atoms with Crippen LogP contribution in [0, 0.1) is 0 Å². The number of morpholine rings is 1. The fourth-order valence-electron chi connectivity index (χ4n) is 2.67. The van der Waals surface area contributed by atoms with E-state index in [0.29, 0.717) is 18.2 Å². The molecule has 0 saturated carbocycles. The lowest BCUT2D eigenvalue weighted by Crippen LogP contribution is -2.48. The van der Waals surface area contributed by atoms with Crippen molar-refractivity contribution in [1.29, 1.82) is 0 Å². The minimum absolute atomic E-state index is 0.322. The minimum Gasteiger partial charge on any atom is -0.376 e. The first-order chi connectivity index (χ1) is 10.1. The monoisotopic (exact) mass is 291 g/mol. The number of nitrogens with one attached hydrogen (secondary N) is 1. The molecule has 0 aromatic carbocycles. The molecule has 118 valence electrons. The number of ether oxygens (including phenoxy) is 1. The van der Waals surface area contributed by atoms with E-state index in [1.165, 1.54) is 5.56 Å². The Morgan fingerprint density at radius 2 is 2.24 bits per heavy atom. The largest absolute Gasteiger partial charge is 0.376 e. The Labute approximate surface area is 128 Å². The van der Waals surface area contributed by atoms with Crippen LogP contribution in [-0.2, 0) is 17.8 Å². The fraction of sp³-hybridized carbons (Fsp3) is 0.706. The quantitative estimate of drug-likeness (QED) is 0.874. The Morgan fingerprint density at radius 1 is 1.43 bits per heavy atom. The highest BCUT2D eigenvalue weighted by Crippen LogP contribution is 2.17. The summed E-state index contributed by atoms with van der Waals surface area (Å²) in [5.74, 6) is 0. The van der Waals surface area contributed by atoms with E-state index in [9.17, 15) is 0 Å². The van der Waals surface area contributed by atoms with Crippen molar-refractivity contribution in [3.8, 4) is 0 Å². The number of nitrogens with zero attached hydrogens (tertiary/aromatic N) is 2. The van der Waals surface area contributed by atoms with E-state index < -0.39 is 0 Å². The van der Waals surface area contributed by atoms with Crippen LogP contribution in [0.25, 0.3) is 0 Å². The molecule has 0 bridgehead atoms. The van der Waals surface area contributed by atoms with Crippen molar-refractivity contribution in [3.63, 3.8) is 0 Å². The molecule has 2 atom stereocenters. The number of pyridine rings is 1. The summed E-state index contributed by atoms with van der Waals surface area (Å²) in [6.07, 6.45) is 3.45. The zero-order valence-electron chi connectivity index (χ0n) is 13.8. The summed E-state index contributed by atoms with van der Waals surface area (Å²) in [6, 6.07) is 5.36. The van der Waals surface area contributed by atoms with Gasteiger partial charge in [0.05, 0.1) is 18.4 Å². The zero-order valence-corrected chi connectivity index (χ0v) is 13.8. The van der Waals surface area contributed by atoms with E-state index in [0.717, 1.165) is 38.4 Å². The maximum atomic E-state index is 5.75. The van der Waals surface area contributed by atoms with Crippen molar-refractivity contribution in [2.45, 2.75) is 65.4 Å². The molecule has 2 rings (SSSR count). The molecule has 21 heavy (non-hydrogen) atoms. The van der Waals surface area contributed by atoms with Crippen LogP contribution in [0.2, 0.25) is 0 Å². The molecular weight excluding hydrogens is 262 g/mol. The molecule has 0 aliphatic carbocycles. The van der Waals surface area contributed by atoms with Crippen LogP contribution >= 0.6 is 0 Å². The number of hydrogen-bond acceptors (Lipinski definition) is 4. The molecule has 1 fully saturated rings. The van der Waals surface area contributed by atoms with Crippen LogP contribution in [0.4, 0.5) is 0 Å². The van der Waals surface area contributed by atoms with E-state index in [4.69, 9.17) is 4.74 Å². The summed E-state index contributed by atoms with van der Waals surface area (Å²) in [5, 5.41) is 3.42. The van der Waals surface area contributed by atoms with Crippen LogP contribution < -0.4 is 5.32 Å². The smallest absolute Gasteiger partial charge is 0.0674 e. The molecule has 1 N–H and O–H groups in total. The van der Waals surface area contributed by atoms with Gasteiger partial charge < -0.3 is 10.1 Å². The summed E-state index contributed by atoms with van der Waals surface area (Å²) in [7, 11) is 0. The molecule has 1 aromatic rings. The van der Waals surface area contributed by atoms with Crippen LogP contribution in [-0.4, -0.2) is 41.2 Å². The Kier molecular flexibility index (Phi) is 6.15. The van der Waals surface area contributed by atoms with E-state index in [2.05, 4.69) is 55.0 Å². The lowest BCUT2D eigenvalue weighted by Gasteiger charge is -2.38. The molecular formula is C17H29N3O. The average Bonchev–Trinajstić information content (AvgIpc) is 2.47. The van der Waals surface area contributed by atoms with Gasteiger partial charge in [-0.3, -0.25) is 9.88 Å². The van der Waals surface area contributed by atoms with Crippen LogP contribution in [0.15, 0.2) is 18.3 Å². The van der Waals surface area contributed by atoms with Gasteiger partial charge in [-0.15, -0.1) is 0 Å². The lowest BCUT2D eigenvalue weighted by atomic mass is 10.1. The summed E-state index contributed by atoms with van der Waals surface area (Å²) in [6.45, 7) is 12.3. The van der Waals surface area contributed by atoms with Gasteiger partial charge in [-0.2, -0.15) is 0 Å². The Balaban J connectivity index is 1.92. The first-order valence-corrected chi connectivity index (χ1v) is 8.11. The summed E-state index contributed by atoms with van der Waals surface area (Å²) in [4.78, 5) is 7.12. The molecule has 1 aliphatic heterocycles. The van der Waals surface area contributed by atoms with E-state index >= 15 is 0 Å². The summed E-state index contributed by atoms with van der Waals surface area (Å²) < 4.78 is 5.75. The lowest BCUT2D eigenvalue weighted by molar-refractivity contribution is -0.0595. The van der Waals surface area contributed by atoms with Gasteiger partial charge in [0.1, 0.15) is 0 Å². The van der Waals surface area contributed by atoms with Gasteiger partial charge >= 0.3 is 0 Å².